The van der Waals surface area contributed by atoms with E-state index in [1.807, 2.05) is 62.4 Å². The third-order valence-electron chi connectivity index (χ3n) is 4.01. The highest BCUT2D eigenvalue weighted by molar-refractivity contribution is 5.94. The summed E-state index contributed by atoms with van der Waals surface area (Å²) in [6, 6.07) is 9.99. The third-order valence-corrected chi connectivity index (χ3v) is 4.01. The summed E-state index contributed by atoms with van der Waals surface area (Å²) < 4.78 is 2.06. The molecular weight excluding hydrogens is 276 g/mol. The molecule has 116 valence electrons. The van der Waals surface area contributed by atoms with Crippen molar-refractivity contribution < 1.29 is 4.79 Å². The molecule has 22 heavy (non-hydrogen) atoms. The Hall–Kier alpha value is -2.14. The molecule has 3 rings (SSSR count). The van der Waals surface area contributed by atoms with Gasteiger partial charge in [0.05, 0.1) is 18.3 Å². The minimum Gasteiger partial charge on any atom is -0.331 e. The summed E-state index contributed by atoms with van der Waals surface area (Å²) in [4.78, 5) is 16.9. The molecule has 0 unspecified atom stereocenters. The highest BCUT2D eigenvalue weighted by Gasteiger charge is 2.29. The number of hydrogen-bond donors (Lipinski definition) is 0. The summed E-state index contributed by atoms with van der Waals surface area (Å²) in [6.07, 6.45) is 1.82. The number of aromatic nitrogens is 2. The SMILES string of the molecule is Cc1cccc(C(=O)N2Cc3ccnn3[C@@H](CN(C)C)C2)c1. The molecule has 1 aromatic carbocycles. The van der Waals surface area contributed by atoms with Gasteiger partial charge < -0.3 is 9.80 Å². The van der Waals surface area contributed by atoms with E-state index in [9.17, 15) is 4.79 Å². The molecule has 0 saturated heterocycles. The molecule has 1 aromatic heterocycles. The number of benzene rings is 1. The van der Waals surface area contributed by atoms with Gasteiger partial charge in [-0.1, -0.05) is 17.7 Å². The van der Waals surface area contributed by atoms with Crippen LogP contribution in [0.2, 0.25) is 0 Å². The van der Waals surface area contributed by atoms with Crippen LogP contribution in [-0.2, 0) is 6.54 Å². The highest BCUT2D eigenvalue weighted by Crippen LogP contribution is 2.22. The average molecular weight is 298 g/mol. The molecule has 0 saturated carbocycles. The molecule has 1 amide bonds. The maximum atomic E-state index is 12.8. The van der Waals surface area contributed by atoms with Crippen LogP contribution in [0.3, 0.4) is 0 Å². The number of carbonyl (C=O) groups is 1. The maximum Gasteiger partial charge on any atom is 0.254 e. The van der Waals surface area contributed by atoms with E-state index in [1.165, 1.54) is 0 Å². The average Bonchev–Trinajstić information content (AvgIpc) is 2.94. The minimum atomic E-state index is 0.0971. The van der Waals surface area contributed by atoms with Gasteiger partial charge in [0.25, 0.3) is 5.91 Å². The Morgan fingerprint density at radius 2 is 2.18 bits per heavy atom. The summed E-state index contributed by atoms with van der Waals surface area (Å²) in [5, 5.41) is 4.42. The van der Waals surface area contributed by atoms with Crippen molar-refractivity contribution in [1.29, 1.82) is 0 Å². The number of hydrogen-bond acceptors (Lipinski definition) is 3. The highest BCUT2D eigenvalue weighted by atomic mass is 16.2. The Morgan fingerprint density at radius 3 is 2.91 bits per heavy atom. The monoisotopic (exact) mass is 298 g/mol. The largest absolute Gasteiger partial charge is 0.331 e. The third kappa shape index (κ3) is 2.90. The number of fused-ring (bicyclic) bond motifs is 1. The number of carbonyl (C=O) groups excluding carboxylic acids is 1. The Labute approximate surface area is 131 Å². The molecule has 0 bridgehead atoms. The lowest BCUT2D eigenvalue weighted by Gasteiger charge is -2.35. The number of nitrogens with zero attached hydrogens (tertiary/aromatic N) is 4. The van der Waals surface area contributed by atoms with Gasteiger partial charge in [0.2, 0.25) is 0 Å². The summed E-state index contributed by atoms with van der Waals surface area (Å²) >= 11 is 0. The molecule has 1 atom stereocenters. The van der Waals surface area contributed by atoms with E-state index in [1.54, 1.807) is 0 Å². The maximum absolute atomic E-state index is 12.8. The van der Waals surface area contributed by atoms with Crippen LogP contribution in [0.4, 0.5) is 0 Å². The Kier molecular flexibility index (Phi) is 3.98. The van der Waals surface area contributed by atoms with Crippen LogP contribution >= 0.6 is 0 Å². The first kappa shape index (κ1) is 14.8. The van der Waals surface area contributed by atoms with Gasteiger partial charge in [-0.3, -0.25) is 9.48 Å². The van der Waals surface area contributed by atoms with E-state index in [0.717, 1.165) is 23.4 Å². The summed E-state index contributed by atoms with van der Waals surface area (Å²) in [5.41, 5.74) is 2.97. The minimum absolute atomic E-state index is 0.0971. The summed E-state index contributed by atoms with van der Waals surface area (Å²) in [6.45, 7) is 4.19. The molecule has 1 aliphatic heterocycles. The van der Waals surface area contributed by atoms with E-state index < -0.39 is 0 Å². The summed E-state index contributed by atoms with van der Waals surface area (Å²) in [7, 11) is 4.09. The van der Waals surface area contributed by atoms with E-state index in [-0.39, 0.29) is 11.9 Å². The predicted molar refractivity (Wildman–Crippen MR) is 85.7 cm³/mol. The molecule has 0 fully saturated rings. The van der Waals surface area contributed by atoms with Crippen LogP contribution < -0.4 is 0 Å². The standard InChI is InChI=1S/C17H22N4O/c1-13-5-4-6-14(9-13)17(22)20-11-15-7-8-18-21(15)16(12-20)10-19(2)3/h4-9,16H,10-12H2,1-3H3/t16-/m0/s1. The van der Waals surface area contributed by atoms with Crippen molar-refractivity contribution in [3.05, 3.63) is 53.3 Å². The molecule has 0 N–H and O–H groups in total. The van der Waals surface area contributed by atoms with Crippen molar-refractivity contribution in [3.8, 4) is 0 Å². The normalized spacial score (nSPS) is 17.6. The number of aryl methyl sites for hydroxylation is 1. The smallest absolute Gasteiger partial charge is 0.254 e. The van der Waals surface area contributed by atoms with E-state index in [4.69, 9.17) is 0 Å². The first-order valence-electron chi connectivity index (χ1n) is 7.57. The van der Waals surface area contributed by atoms with Gasteiger partial charge in [-0.05, 0) is 39.2 Å². The van der Waals surface area contributed by atoms with Crippen molar-refractivity contribution in [2.75, 3.05) is 27.2 Å². The van der Waals surface area contributed by atoms with Crippen LogP contribution in [0.15, 0.2) is 36.5 Å². The topological polar surface area (TPSA) is 41.4 Å². The lowest BCUT2D eigenvalue weighted by molar-refractivity contribution is 0.0652. The van der Waals surface area contributed by atoms with Gasteiger partial charge in [0.15, 0.2) is 0 Å². The molecule has 0 aliphatic carbocycles. The van der Waals surface area contributed by atoms with Crippen LogP contribution in [0, 0.1) is 6.92 Å². The quantitative estimate of drug-likeness (QED) is 0.870. The van der Waals surface area contributed by atoms with Crippen LogP contribution in [0.25, 0.3) is 0 Å². The van der Waals surface area contributed by atoms with Crippen molar-refractivity contribution in [2.45, 2.75) is 19.5 Å². The molecule has 5 nitrogen and oxygen atoms in total. The first-order valence-corrected chi connectivity index (χ1v) is 7.57. The Balaban J connectivity index is 1.85. The molecule has 0 radical (unpaired) electrons. The second-order valence-electron chi connectivity index (χ2n) is 6.24. The van der Waals surface area contributed by atoms with Crippen molar-refractivity contribution in [2.24, 2.45) is 0 Å². The molecule has 2 heterocycles. The van der Waals surface area contributed by atoms with E-state index in [0.29, 0.717) is 13.1 Å². The van der Waals surface area contributed by atoms with Gasteiger partial charge in [0, 0.05) is 24.8 Å². The van der Waals surface area contributed by atoms with E-state index >= 15 is 0 Å². The second kappa shape index (κ2) is 5.93. The number of rotatable bonds is 3. The fraction of sp³-hybridized carbons (Fsp3) is 0.412. The zero-order valence-electron chi connectivity index (χ0n) is 13.4. The first-order chi connectivity index (χ1) is 10.5. The zero-order valence-corrected chi connectivity index (χ0v) is 13.4. The molecule has 1 aliphatic rings. The van der Waals surface area contributed by atoms with Crippen molar-refractivity contribution in [1.82, 2.24) is 19.6 Å². The summed E-state index contributed by atoms with van der Waals surface area (Å²) in [5.74, 6) is 0.0971. The lowest BCUT2D eigenvalue weighted by atomic mass is 10.1. The second-order valence-corrected chi connectivity index (χ2v) is 6.24. The predicted octanol–water partition coefficient (Wildman–Crippen LogP) is 1.95. The van der Waals surface area contributed by atoms with Crippen molar-refractivity contribution in [3.63, 3.8) is 0 Å². The van der Waals surface area contributed by atoms with Crippen LogP contribution in [-0.4, -0.2) is 52.7 Å². The fourth-order valence-corrected chi connectivity index (χ4v) is 3.06. The number of amides is 1. The van der Waals surface area contributed by atoms with Gasteiger partial charge in [0.1, 0.15) is 0 Å². The fourth-order valence-electron chi connectivity index (χ4n) is 3.06. The molecular formula is C17H22N4O. The Morgan fingerprint density at radius 1 is 1.36 bits per heavy atom. The van der Waals surface area contributed by atoms with Gasteiger partial charge in [-0.25, -0.2) is 0 Å². The van der Waals surface area contributed by atoms with Gasteiger partial charge >= 0.3 is 0 Å². The zero-order chi connectivity index (χ0) is 15.7. The lowest BCUT2D eigenvalue weighted by Crippen LogP contribution is -2.44. The number of likely N-dealkylation sites (N-methyl/N-ethyl adjacent to an activating group) is 1. The molecule has 2 aromatic rings. The van der Waals surface area contributed by atoms with Crippen LogP contribution in [0.5, 0.6) is 0 Å². The van der Waals surface area contributed by atoms with Gasteiger partial charge in [-0.15, -0.1) is 0 Å². The van der Waals surface area contributed by atoms with E-state index in [2.05, 4.69) is 14.7 Å². The Bertz CT molecular complexity index is 677. The molecule has 0 spiro atoms. The molecule has 5 heteroatoms. The van der Waals surface area contributed by atoms with Crippen LogP contribution in [0.1, 0.15) is 27.7 Å². The van der Waals surface area contributed by atoms with Gasteiger partial charge in [-0.2, -0.15) is 5.10 Å². The van der Waals surface area contributed by atoms with Crippen molar-refractivity contribution >= 4 is 5.91 Å².